The third-order valence-electron chi connectivity index (χ3n) is 8.79. The fourth-order valence-electron chi connectivity index (χ4n) is 6.63. The van der Waals surface area contributed by atoms with Crippen molar-refractivity contribution < 1.29 is 50.0 Å². The number of aromatic amines is 1. The number of anilines is 1. The Balaban J connectivity index is 1.26. The lowest BCUT2D eigenvalue weighted by Crippen LogP contribution is -2.31. The fraction of sp³-hybridized carbons (Fsp3) is 0.350. The Bertz CT molecular complexity index is 2530. The summed E-state index contributed by atoms with van der Waals surface area (Å²) in [5, 5.41) is 13.4. The van der Waals surface area contributed by atoms with Crippen molar-refractivity contribution in [2.45, 2.75) is 64.4 Å². The molecule has 1 aliphatic rings. The SMILES string of the molecule is CC(C)(C)OP(=O)(OCCOc1ccc2[nH]c(C(=O)N3CC(COS(=O)(=O)Cc4ccccc4)c4c3cc([N+](=O)[O-])c3cc(C(N)=O)ccc43)cc2c1)OC(C)(C)C. The summed E-state index contributed by atoms with van der Waals surface area (Å²) in [5.41, 5.74) is 5.45. The molecule has 58 heavy (non-hydrogen) atoms. The first-order valence-electron chi connectivity index (χ1n) is 18.3. The number of hydrogen-bond donors (Lipinski definition) is 2. The second kappa shape index (κ2) is 16.2. The summed E-state index contributed by atoms with van der Waals surface area (Å²) in [6.45, 7) is 9.86. The molecule has 308 valence electrons. The third kappa shape index (κ3) is 10.1. The van der Waals surface area contributed by atoms with Gasteiger partial charge in [0.1, 0.15) is 23.8 Å². The highest BCUT2D eigenvalue weighted by Crippen LogP contribution is 2.55. The first-order chi connectivity index (χ1) is 27.1. The number of nitrogens with zero attached hydrogens (tertiary/aromatic N) is 2. The number of hydrogen-bond acceptors (Lipinski definition) is 12. The van der Waals surface area contributed by atoms with E-state index in [1.165, 1.54) is 29.2 Å². The molecular formula is C40H45N4O12PS. The highest BCUT2D eigenvalue weighted by atomic mass is 32.2. The number of phosphoric acid groups is 1. The van der Waals surface area contributed by atoms with Crippen LogP contribution in [0.4, 0.5) is 11.4 Å². The molecule has 3 N–H and O–H groups in total. The molecule has 2 amide bonds. The van der Waals surface area contributed by atoms with E-state index in [1.54, 1.807) is 96.1 Å². The first-order valence-corrected chi connectivity index (χ1v) is 21.3. The van der Waals surface area contributed by atoms with Gasteiger partial charge in [-0.3, -0.25) is 37.5 Å². The van der Waals surface area contributed by atoms with Crippen molar-refractivity contribution in [3.63, 3.8) is 0 Å². The van der Waals surface area contributed by atoms with E-state index >= 15 is 0 Å². The Hall–Kier alpha value is -5.16. The zero-order valence-corrected chi connectivity index (χ0v) is 34.6. The minimum Gasteiger partial charge on any atom is -0.491 e. The number of carbonyl (C=O) groups excluding carboxylic acids is 2. The van der Waals surface area contributed by atoms with E-state index in [0.717, 1.165) is 0 Å². The van der Waals surface area contributed by atoms with Crippen LogP contribution < -0.4 is 15.4 Å². The van der Waals surface area contributed by atoms with Crippen LogP contribution in [0, 0.1) is 10.1 Å². The number of nitro groups is 1. The van der Waals surface area contributed by atoms with Crippen molar-refractivity contribution in [3.8, 4) is 5.75 Å². The van der Waals surface area contributed by atoms with E-state index in [1.807, 2.05) is 0 Å². The number of amides is 2. The quantitative estimate of drug-likeness (QED) is 0.0340. The second-order valence-corrected chi connectivity index (χ2v) is 18.9. The molecule has 18 heteroatoms. The smallest absolute Gasteiger partial charge is 0.475 e. The van der Waals surface area contributed by atoms with Gasteiger partial charge in [0.15, 0.2) is 0 Å². The monoisotopic (exact) mass is 836 g/mol. The number of aromatic nitrogens is 1. The molecule has 5 aromatic rings. The van der Waals surface area contributed by atoms with Crippen LogP contribution in [0.5, 0.6) is 5.75 Å². The summed E-state index contributed by atoms with van der Waals surface area (Å²) in [6.07, 6.45) is 0. The molecule has 16 nitrogen and oxygen atoms in total. The molecule has 1 atom stereocenters. The maximum Gasteiger partial charge on any atom is 0.475 e. The molecule has 0 bridgehead atoms. The van der Waals surface area contributed by atoms with Crippen molar-refractivity contribution in [2.24, 2.45) is 5.73 Å². The van der Waals surface area contributed by atoms with E-state index in [2.05, 4.69) is 4.98 Å². The Kier molecular flexibility index (Phi) is 11.9. The van der Waals surface area contributed by atoms with Crippen LogP contribution in [0.1, 0.15) is 79.4 Å². The fourth-order valence-corrected chi connectivity index (χ4v) is 9.46. The van der Waals surface area contributed by atoms with Crippen molar-refractivity contribution in [1.29, 1.82) is 0 Å². The molecule has 4 aromatic carbocycles. The largest absolute Gasteiger partial charge is 0.491 e. The van der Waals surface area contributed by atoms with Crippen LogP contribution in [-0.2, 0) is 38.2 Å². The van der Waals surface area contributed by atoms with E-state index < -0.39 is 51.8 Å². The molecular weight excluding hydrogens is 791 g/mol. The molecule has 0 aliphatic carbocycles. The number of non-ortho nitro benzene ring substituents is 1. The van der Waals surface area contributed by atoms with Gasteiger partial charge in [0.2, 0.25) is 5.91 Å². The van der Waals surface area contributed by atoms with Gasteiger partial charge in [0, 0.05) is 35.0 Å². The zero-order valence-electron chi connectivity index (χ0n) is 32.8. The average Bonchev–Trinajstić information content (AvgIpc) is 3.72. The van der Waals surface area contributed by atoms with Gasteiger partial charge in [0.25, 0.3) is 21.7 Å². The standard InChI is InChI=1S/C40H45N4O12PS/c1-39(2,3)55-57(49,56-40(4,5)6)53-17-16-52-29-13-15-32-27(18-29)20-33(42-32)38(46)43-22-28(23-54-58(50,51)24-25-10-8-7-9-11-25)36-30-14-12-26(37(41)45)19-31(30)34(44(47)48)21-35(36)43/h7-15,18-21,28,42H,16-17,22-24H2,1-6H3,(H2,41,45). The van der Waals surface area contributed by atoms with Crippen LogP contribution in [0.15, 0.2) is 78.9 Å². The number of primary amides is 1. The van der Waals surface area contributed by atoms with Crippen molar-refractivity contribution in [2.75, 3.05) is 31.3 Å². The summed E-state index contributed by atoms with van der Waals surface area (Å²) < 4.78 is 67.8. The van der Waals surface area contributed by atoms with Crippen LogP contribution in [0.25, 0.3) is 21.7 Å². The van der Waals surface area contributed by atoms with Gasteiger partial charge in [-0.1, -0.05) is 36.4 Å². The van der Waals surface area contributed by atoms with E-state index in [4.69, 9.17) is 28.2 Å². The number of fused-ring (bicyclic) bond motifs is 4. The van der Waals surface area contributed by atoms with Gasteiger partial charge in [0.05, 0.1) is 40.4 Å². The van der Waals surface area contributed by atoms with Gasteiger partial charge < -0.3 is 20.4 Å². The summed E-state index contributed by atoms with van der Waals surface area (Å²) in [7, 11) is -8.03. The summed E-state index contributed by atoms with van der Waals surface area (Å²) in [6, 6.07) is 20.7. The minimum absolute atomic E-state index is 0.00449. The molecule has 0 fully saturated rings. The Morgan fingerprint density at radius 3 is 2.26 bits per heavy atom. The van der Waals surface area contributed by atoms with Gasteiger partial charge >= 0.3 is 7.82 Å². The third-order valence-corrected chi connectivity index (χ3v) is 12.0. The molecule has 0 radical (unpaired) electrons. The van der Waals surface area contributed by atoms with Crippen molar-refractivity contribution in [1.82, 2.24) is 4.98 Å². The molecule has 2 heterocycles. The highest BCUT2D eigenvalue weighted by Gasteiger charge is 2.39. The molecule has 0 spiro atoms. The summed E-state index contributed by atoms with van der Waals surface area (Å²) >= 11 is 0. The first kappa shape index (κ1) is 42.4. The van der Waals surface area contributed by atoms with E-state index in [0.29, 0.717) is 33.2 Å². The van der Waals surface area contributed by atoms with E-state index in [9.17, 15) is 32.7 Å². The van der Waals surface area contributed by atoms with Crippen LogP contribution in [0.3, 0.4) is 0 Å². The lowest BCUT2D eigenvalue weighted by Gasteiger charge is -2.30. The van der Waals surface area contributed by atoms with Crippen molar-refractivity contribution in [3.05, 3.63) is 111 Å². The lowest BCUT2D eigenvalue weighted by molar-refractivity contribution is -0.383. The number of benzene rings is 4. The van der Waals surface area contributed by atoms with Crippen LogP contribution in [-0.4, -0.2) is 67.7 Å². The van der Waals surface area contributed by atoms with Gasteiger partial charge in [-0.15, -0.1) is 0 Å². The van der Waals surface area contributed by atoms with Gasteiger partial charge in [-0.05, 0) is 94.5 Å². The van der Waals surface area contributed by atoms with Gasteiger partial charge in [-0.25, -0.2) is 4.57 Å². The number of nitrogens with two attached hydrogens (primary N) is 1. The number of nitrogens with one attached hydrogen (secondary N) is 1. The predicted molar refractivity (Wildman–Crippen MR) is 218 cm³/mol. The number of ether oxygens (including phenoxy) is 1. The number of H-pyrrole nitrogens is 1. The van der Waals surface area contributed by atoms with Crippen LogP contribution >= 0.6 is 7.82 Å². The number of nitro benzene ring substituents is 1. The number of phosphoric ester groups is 1. The zero-order chi connectivity index (χ0) is 42.2. The Labute approximate surface area is 335 Å². The Morgan fingerprint density at radius 2 is 1.62 bits per heavy atom. The summed E-state index contributed by atoms with van der Waals surface area (Å²) in [4.78, 5) is 42.6. The molecule has 6 rings (SSSR count). The predicted octanol–water partition coefficient (Wildman–Crippen LogP) is 7.75. The molecule has 1 aliphatic heterocycles. The average molecular weight is 837 g/mol. The lowest BCUT2D eigenvalue weighted by atomic mass is 9.93. The highest BCUT2D eigenvalue weighted by molar-refractivity contribution is 7.85. The summed E-state index contributed by atoms with van der Waals surface area (Å²) in [5.74, 6) is -2.03. The minimum atomic E-state index is -4.08. The Morgan fingerprint density at radius 1 is 0.931 bits per heavy atom. The molecule has 0 saturated heterocycles. The second-order valence-electron chi connectivity index (χ2n) is 15.8. The normalized spacial score (nSPS) is 14.9. The number of rotatable bonds is 15. The van der Waals surface area contributed by atoms with Gasteiger partial charge in [-0.2, -0.15) is 8.42 Å². The van der Waals surface area contributed by atoms with Crippen LogP contribution in [0.2, 0.25) is 0 Å². The molecule has 0 saturated carbocycles. The maximum atomic E-state index is 14.3. The molecule has 1 unspecified atom stereocenters. The maximum absolute atomic E-state index is 14.3. The number of carbonyl (C=O) groups is 2. The molecule has 1 aromatic heterocycles. The van der Waals surface area contributed by atoms with Crippen molar-refractivity contribution >= 4 is 62.8 Å². The topological polar surface area (TPSA) is 220 Å². The van der Waals surface area contributed by atoms with E-state index in [-0.39, 0.29) is 60.1 Å².